The normalized spacial score (nSPS) is 20.1. The van der Waals surface area contributed by atoms with Gasteiger partial charge in [0, 0.05) is 23.7 Å². The zero-order valence-electron chi connectivity index (χ0n) is 17.6. The molecule has 0 radical (unpaired) electrons. The molecule has 9 heteroatoms. The molecule has 0 spiro atoms. The van der Waals surface area contributed by atoms with E-state index in [1.54, 1.807) is 29.3 Å². The van der Waals surface area contributed by atoms with Crippen molar-refractivity contribution in [3.8, 4) is 0 Å². The summed E-state index contributed by atoms with van der Waals surface area (Å²) >= 11 is 0. The molecule has 1 aromatic carbocycles. The Morgan fingerprint density at radius 3 is 2.72 bits per heavy atom. The van der Waals surface area contributed by atoms with Crippen LogP contribution in [0.4, 0.5) is 0 Å². The molecule has 2 aromatic rings. The van der Waals surface area contributed by atoms with Crippen LogP contribution in [0.2, 0.25) is 0 Å². The number of likely N-dealkylation sites (tertiary alicyclic amines) is 1. The maximum absolute atomic E-state index is 13.2. The Kier molecular flexibility index (Phi) is 10.2. The number of carbonyl (C=O) groups excluding carboxylic acids is 3. The number of fused-ring (bicyclic) bond motifs is 2. The predicted octanol–water partition coefficient (Wildman–Crippen LogP) is 2.81. The summed E-state index contributed by atoms with van der Waals surface area (Å²) in [6.07, 6.45) is 2.65. The van der Waals surface area contributed by atoms with Crippen LogP contribution in [-0.2, 0) is 14.3 Å². The molecule has 2 fully saturated rings. The van der Waals surface area contributed by atoms with Gasteiger partial charge in [-0.3, -0.25) is 19.4 Å². The molecule has 2 amide bonds. The van der Waals surface area contributed by atoms with Gasteiger partial charge in [-0.15, -0.1) is 0 Å². The second-order valence-electron chi connectivity index (χ2n) is 8.15. The van der Waals surface area contributed by atoms with E-state index in [4.69, 9.17) is 4.74 Å². The van der Waals surface area contributed by atoms with E-state index in [0.29, 0.717) is 24.9 Å². The molecule has 2 aliphatic heterocycles. The summed E-state index contributed by atoms with van der Waals surface area (Å²) in [5.74, 6) is -0.364. The molecular formula is C23H33N3O4S2. The lowest BCUT2D eigenvalue weighted by atomic mass is 10.0. The number of Topliss-reactive ketones (excluding diaryl/α,β-unsaturated/α-hetero) is 1. The molecule has 0 bridgehead atoms. The van der Waals surface area contributed by atoms with Gasteiger partial charge < -0.3 is 15.0 Å². The third-order valence-electron chi connectivity index (χ3n) is 5.57. The number of pyridine rings is 1. The van der Waals surface area contributed by atoms with E-state index < -0.39 is 12.1 Å². The first-order chi connectivity index (χ1) is 13.9. The Morgan fingerprint density at radius 1 is 1.25 bits per heavy atom. The fraction of sp³-hybridized carbons (Fsp3) is 0.478. The molecule has 176 valence electrons. The molecule has 7 nitrogen and oxygen atoms in total. The standard InChI is InChI=1S/C22H25N3O4.CH4.2H2S/c1-13(2)10-17(22(28)25-9-7-19-20(25)18(26)12-29-19)24-21(27)15-5-6-16-14(11-15)4-3-8-23-16;;;/h3-6,8,11,13,17,19-20H,7,9-10,12H2,1-2H3,(H,24,27);1H4;2*1H2/t17-,19+,20+;;;/m0.../s1. The summed E-state index contributed by atoms with van der Waals surface area (Å²) in [6.45, 7) is 4.55. The first-order valence-electron chi connectivity index (χ1n) is 10.0. The van der Waals surface area contributed by atoms with Gasteiger partial charge in [-0.25, -0.2) is 0 Å². The zero-order valence-corrected chi connectivity index (χ0v) is 19.6. The lowest BCUT2D eigenvalue weighted by Gasteiger charge is -2.28. The monoisotopic (exact) mass is 479 g/mol. The van der Waals surface area contributed by atoms with Crippen LogP contribution >= 0.6 is 27.0 Å². The number of hydrogen-bond acceptors (Lipinski definition) is 5. The minimum Gasteiger partial charge on any atom is -0.368 e. The first kappa shape index (κ1) is 27.9. The average Bonchev–Trinajstić information content (AvgIpc) is 3.29. The van der Waals surface area contributed by atoms with E-state index in [1.807, 2.05) is 26.0 Å². The van der Waals surface area contributed by atoms with Crippen molar-refractivity contribution < 1.29 is 19.1 Å². The number of aromatic nitrogens is 1. The van der Waals surface area contributed by atoms with Gasteiger partial charge in [0.2, 0.25) is 5.91 Å². The molecule has 1 N–H and O–H groups in total. The summed E-state index contributed by atoms with van der Waals surface area (Å²) in [4.78, 5) is 44.2. The van der Waals surface area contributed by atoms with Crippen molar-refractivity contribution in [1.82, 2.24) is 15.2 Å². The molecule has 2 saturated heterocycles. The number of rotatable bonds is 5. The number of benzene rings is 1. The van der Waals surface area contributed by atoms with Crippen molar-refractivity contribution in [2.45, 2.75) is 52.3 Å². The van der Waals surface area contributed by atoms with Gasteiger partial charge >= 0.3 is 0 Å². The lowest BCUT2D eigenvalue weighted by molar-refractivity contribution is -0.138. The van der Waals surface area contributed by atoms with E-state index in [1.165, 1.54) is 0 Å². The lowest BCUT2D eigenvalue weighted by Crippen LogP contribution is -2.52. The number of nitrogens with one attached hydrogen (secondary N) is 1. The highest BCUT2D eigenvalue weighted by Gasteiger charge is 2.48. The van der Waals surface area contributed by atoms with Gasteiger partial charge in [0.1, 0.15) is 18.7 Å². The molecule has 0 saturated carbocycles. The molecule has 4 rings (SSSR count). The topological polar surface area (TPSA) is 88.6 Å². The Morgan fingerprint density at radius 2 is 2.00 bits per heavy atom. The number of ketones is 1. The predicted molar refractivity (Wildman–Crippen MR) is 135 cm³/mol. The molecule has 3 heterocycles. The Labute approximate surface area is 203 Å². The van der Waals surface area contributed by atoms with E-state index in [0.717, 1.165) is 10.9 Å². The summed E-state index contributed by atoms with van der Waals surface area (Å²) in [7, 11) is 0. The zero-order chi connectivity index (χ0) is 20.5. The highest BCUT2D eigenvalue weighted by Crippen LogP contribution is 2.28. The van der Waals surface area contributed by atoms with Gasteiger partial charge in [0.25, 0.3) is 5.91 Å². The number of ether oxygens (including phenoxy) is 1. The quantitative estimate of drug-likeness (QED) is 0.712. The molecule has 0 unspecified atom stereocenters. The van der Waals surface area contributed by atoms with E-state index in [2.05, 4.69) is 10.3 Å². The van der Waals surface area contributed by atoms with Crippen LogP contribution in [0.3, 0.4) is 0 Å². The Bertz CT molecular complexity index is 969. The van der Waals surface area contributed by atoms with Crippen molar-refractivity contribution in [3.05, 3.63) is 42.1 Å². The molecule has 3 atom stereocenters. The van der Waals surface area contributed by atoms with E-state index in [-0.39, 0.29) is 70.6 Å². The van der Waals surface area contributed by atoms with E-state index in [9.17, 15) is 14.4 Å². The summed E-state index contributed by atoms with van der Waals surface area (Å²) < 4.78 is 5.48. The van der Waals surface area contributed by atoms with Crippen LogP contribution in [0, 0.1) is 5.92 Å². The second kappa shape index (κ2) is 11.7. The Balaban J connectivity index is 0.00000171. The second-order valence-corrected chi connectivity index (χ2v) is 8.15. The van der Waals surface area contributed by atoms with Crippen LogP contribution in [-0.4, -0.2) is 58.8 Å². The van der Waals surface area contributed by atoms with Gasteiger partial charge in [-0.2, -0.15) is 27.0 Å². The van der Waals surface area contributed by atoms with Crippen molar-refractivity contribution in [2.75, 3.05) is 13.2 Å². The molecule has 32 heavy (non-hydrogen) atoms. The average molecular weight is 480 g/mol. The highest BCUT2D eigenvalue weighted by atomic mass is 32.1. The van der Waals surface area contributed by atoms with Crippen LogP contribution in [0.1, 0.15) is 44.5 Å². The van der Waals surface area contributed by atoms with Crippen molar-refractivity contribution in [3.63, 3.8) is 0 Å². The van der Waals surface area contributed by atoms with Crippen LogP contribution in [0.15, 0.2) is 36.5 Å². The van der Waals surface area contributed by atoms with E-state index >= 15 is 0 Å². The van der Waals surface area contributed by atoms with Gasteiger partial charge in [-0.05, 0) is 43.0 Å². The fourth-order valence-corrected chi connectivity index (χ4v) is 4.19. The summed E-state index contributed by atoms with van der Waals surface area (Å²) in [5.41, 5.74) is 1.29. The third kappa shape index (κ3) is 5.63. The van der Waals surface area contributed by atoms with Gasteiger partial charge in [0.15, 0.2) is 5.78 Å². The van der Waals surface area contributed by atoms with Crippen LogP contribution in [0.25, 0.3) is 10.9 Å². The highest BCUT2D eigenvalue weighted by molar-refractivity contribution is 7.59. The molecular weight excluding hydrogens is 446 g/mol. The van der Waals surface area contributed by atoms with Crippen molar-refractivity contribution in [1.29, 1.82) is 0 Å². The fourth-order valence-electron chi connectivity index (χ4n) is 4.19. The summed E-state index contributed by atoms with van der Waals surface area (Å²) in [5, 5.41) is 3.76. The minimum atomic E-state index is -0.681. The third-order valence-corrected chi connectivity index (χ3v) is 5.57. The SMILES string of the molecule is C.CC(C)C[C@H](NC(=O)c1ccc2ncccc2c1)C(=O)N1CC[C@H]2OCC(=O)[C@H]21.S.S. The van der Waals surface area contributed by atoms with Gasteiger partial charge in [0.05, 0.1) is 11.6 Å². The molecule has 0 aliphatic carbocycles. The number of amides is 2. The number of nitrogens with zero attached hydrogens (tertiary/aromatic N) is 2. The largest absolute Gasteiger partial charge is 0.368 e. The first-order valence-corrected chi connectivity index (χ1v) is 10.0. The maximum atomic E-state index is 13.2. The van der Waals surface area contributed by atoms with Crippen molar-refractivity contribution >= 4 is 55.5 Å². The van der Waals surface area contributed by atoms with Crippen LogP contribution < -0.4 is 5.32 Å². The van der Waals surface area contributed by atoms with Crippen molar-refractivity contribution in [2.24, 2.45) is 5.92 Å². The number of hydrogen-bond donors (Lipinski definition) is 1. The van der Waals surface area contributed by atoms with Gasteiger partial charge in [-0.1, -0.05) is 27.3 Å². The maximum Gasteiger partial charge on any atom is 0.251 e. The molecule has 2 aliphatic rings. The smallest absolute Gasteiger partial charge is 0.251 e. The minimum absolute atomic E-state index is 0. The Hall–Kier alpha value is -2.10. The molecule has 1 aromatic heterocycles. The van der Waals surface area contributed by atoms with Crippen LogP contribution in [0.5, 0.6) is 0 Å². The summed E-state index contributed by atoms with van der Waals surface area (Å²) in [6, 6.07) is 7.80. The number of carbonyl (C=O) groups is 3.